The fraction of sp³-hybridized carbons (Fsp3) is 0.615. The van der Waals surface area contributed by atoms with Gasteiger partial charge in [-0.2, -0.15) is 0 Å². The van der Waals surface area contributed by atoms with Crippen LogP contribution in [0.3, 0.4) is 0 Å². The Bertz CT molecular complexity index is 445. The van der Waals surface area contributed by atoms with Gasteiger partial charge in [0.2, 0.25) is 5.91 Å². The van der Waals surface area contributed by atoms with Gasteiger partial charge in [0, 0.05) is 18.0 Å². The summed E-state index contributed by atoms with van der Waals surface area (Å²) in [6, 6.07) is -0.197. The van der Waals surface area contributed by atoms with Crippen molar-refractivity contribution in [3.8, 4) is 0 Å². The molecule has 1 heterocycles. The molecule has 1 aromatic rings. The lowest BCUT2D eigenvalue weighted by molar-refractivity contribution is -0.153. The van der Waals surface area contributed by atoms with Crippen LogP contribution in [0.4, 0.5) is 0 Å². The molecule has 0 saturated heterocycles. The van der Waals surface area contributed by atoms with Crippen molar-refractivity contribution >= 4 is 23.2 Å². The third kappa shape index (κ3) is 3.76. The zero-order valence-electron chi connectivity index (χ0n) is 11.6. The first kappa shape index (κ1) is 15.6. The number of nitrogens with one attached hydrogen (secondary N) is 1. The maximum absolute atomic E-state index is 12.0. The predicted octanol–water partition coefficient (Wildman–Crippen LogP) is 2.46. The molecule has 106 valence electrons. The monoisotopic (exact) mass is 284 g/mol. The van der Waals surface area contributed by atoms with Crippen molar-refractivity contribution in [2.75, 3.05) is 0 Å². The van der Waals surface area contributed by atoms with Gasteiger partial charge in [-0.3, -0.25) is 9.59 Å². The molecule has 2 N–H and O–H groups in total. The van der Waals surface area contributed by atoms with E-state index < -0.39 is 11.4 Å². The first-order valence-corrected chi connectivity index (χ1v) is 7.07. The number of rotatable bonds is 6. The smallest absolute Gasteiger partial charge is 0.310 e. The van der Waals surface area contributed by atoms with E-state index >= 15 is 0 Å². The van der Waals surface area contributed by atoms with Crippen molar-refractivity contribution in [3.63, 3.8) is 0 Å². The molecule has 1 aromatic heterocycles. The Hall–Kier alpha value is -1.43. The molecule has 19 heavy (non-hydrogen) atoms. The van der Waals surface area contributed by atoms with E-state index in [1.807, 2.05) is 26.2 Å². The zero-order valence-corrected chi connectivity index (χ0v) is 12.5. The van der Waals surface area contributed by atoms with E-state index in [1.54, 1.807) is 13.1 Å². The van der Waals surface area contributed by atoms with Crippen LogP contribution >= 0.6 is 11.3 Å². The third-order valence-electron chi connectivity index (χ3n) is 3.49. The van der Waals surface area contributed by atoms with Gasteiger partial charge in [0.1, 0.15) is 5.01 Å². The van der Waals surface area contributed by atoms with E-state index in [1.165, 1.54) is 11.3 Å². The highest BCUT2D eigenvalue weighted by atomic mass is 32.1. The van der Waals surface area contributed by atoms with Crippen molar-refractivity contribution in [3.05, 3.63) is 16.6 Å². The van der Waals surface area contributed by atoms with E-state index in [4.69, 9.17) is 0 Å². The summed E-state index contributed by atoms with van der Waals surface area (Å²) in [6.45, 7) is 7.06. The summed E-state index contributed by atoms with van der Waals surface area (Å²) in [5.74, 6) is -1.33. The van der Waals surface area contributed by atoms with Crippen LogP contribution in [0.25, 0.3) is 0 Å². The van der Waals surface area contributed by atoms with Gasteiger partial charge in [-0.05, 0) is 19.8 Å². The number of nitrogens with zero attached hydrogens (tertiary/aromatic N) is 1. The average Bonchev–Trinajstić information content (AvgIpc) is 2.81. The summed E-state index contributed by atoms with van der Waals surface area (Å²) in [5, 5.41) is 14.7. The second-order valence-corrected chi connectivity index (χ2v) is 6.14. The predicted molar refractivity (Wildman–Crippen MR) is 73.9 cm³/mol. The lowest BCUT2D eigenvalue weighted by Crippen LogP contribution is -2.39. The van der Waals surface area contributed by atoms with Gasteiger partial charge in [0.25, 0.3) is 0 Å². The summed E-state index contributed by atoms with van der Waals surface area (Å²) in [4.78, 5) is 27.4. The van der Waals surface area contributed by atoms with Crippen LogP contribution in [-0.2, 0) is 9.59 Å². The highest BCUT2D eigenvalue weighted by Crippen LogP contribution is 2.31. The number of carboxylic acids is 1. The molecule has 2 atom stereocenters. The van der Waals surface area contributed by atoms with E-state index in [-0.39, 0.29) is 24.3 Å². The Balaban J connectivity index is 2.66. The molecule has 2 unspecified atom stereocenters. The molecule has 1 amide bonds. The maximum atomic E-state index is 12.0. The van der Waals surface area contributed by atoms with Gasteiger partial charge in [-0.15, -0.1) is 11.3 Å². The lowest BCUT2D eigenvalue weighted by atomic mass is 9.76. The number of carboxylic acid groups (broad SMARTS) is 1. The van der Waals surface area contributed by atoms with Gasteiger partial charge in [-0.25, -0.2) is 4.98 Å². The first-order valence-electron chi connectivity index (χ1n) is 6.19. The number of aliphatic carboxylic acids is 1. The number of hydrogen-bond acceptors (Lipinski definition) is 4. The van der Waals surface area contributed by atoms with Crippen molar-refractivity contribution in [2.45, 2.75) is 40.2 Å². The van der Waals surface area contributed by atoms with Crippen LogP contribution in [0.5, 0.6) is 0 Å². The van der Waals surface area contributed by atoms with Crippen LogP contribution in [0, 0.1) is 11.3 Å². The highest BCUT2D eigenvalue weighted by Gasteiger charge is 2.39. The van der Waals surface area contributed by atoms with E-state index in [9.17, 15) is 14.7 Å². The Morgan fingerprint density at radius 1 is 1.47 bits per heavy atom. The second-order valence-electron chi connectivity index (χ2n) is 5.21. The van der Waals surface area contributed by atoms with Gasteiger partial charge in [0.05, 0.1) is 11.5 Å². The van der Waals surface area contributed by atoms with Crippen LogP contribution in [0.1, 0.15) is 45.2 Å². The normalized spacial score (nSPS) is 15.8. The molecule has 5 nitrogen and oxygen atoms in total. The van der Waals surface area contributed by atoms with Gasteiger partial charge in [-0.1, -0.05) is 13.8 Å². The molecular weight excluding hydrogens is 264 g/mol. The van der Waals surface area contributed by atoms with Crippen molar-refractivity contribution < 1.29 is 14.7 Å². The quantitative estimate of drug-likeness (QED) is 0.841. The summed E-state index contributed by atoms with van der Waals surface area (Å²) in [6.07, 6.45) is 1.65. The lowest BCUT2D eigenvalue weighted by Gasteiger charge is -2.28. The Morgan fingerprint density at radius 2 is 2.11 bits per heavy atom. The van der Waals surface area contributed by atoms with E-state index in [0.29, 0.717) is 0 Å². The molecule has 0 aliphatic rings. The molecule has 0 fully saturated rings. The molecule has 0 aromatic carbocycles. The molecule has 0 spiro atoms. The number of carbonyl (C=O) groups is 2. The molecule has 0 aliphatic carbocycles. The number of carbonyl (C=O) groups excluding carboxylic acids is 1. The highest BCUT2D eigenvalue weighted by molar-refractivity contribution is 7.09. The fourth-order valence-electron chi connectivity index (χ4n) is 1.66. The average molecular weight is 284 g/mol. The van der Waals surface area contributed by atoms with Crippen molar-refractivity contribution in [1.82, 2.24) is 10.3 Å². The topological polar surface area (TPSA) is 79.3 Å². The minimum atomic E-state index is -1.05. The fourth-order valence-corrected chi connectivity index (χ4v) is 2.31. The van der Waals surface area contributed by atoms with E-state index in [2.05, 4.69) is 10.3 Å². The van der Waals surface area contributed by atoms with Gasteiger partial charge < -0.3 is 10.4 Å². The van der Waals surface area contributed by atoms with Crippen LogP contribution in [0.15, 0.2) is 11.6 Å². The van der Waals surface area contributed by atoms with Gasteiger partial charge in [0.15, 0.2) is 0 Å². The van der Waals surface area contributed by atoms with E-state index in [0.717, 1.165) is 5.01 Å². The molecule has 0 saturated carbocycles. The van der Waals surface area contributed by atoms with Gasteiger partial charge >= 0.3 is 5.97 Å². The summed E-state index contributed by atoms with van der Waals surface area (Å²) >= 11 is 1.46. The molecule has 1 rings (SSSR count). The Kier molecular flexibility index (Phi) is 5.05. The molecular formula is C13H20N2O3S. The molecule has 0 aliphatic heterocycles. The second kappa shape index (κ2) is 6.14. The maximum Gasteiger partial charge on any atom is 0.310 e. The largest absolute Gasteiger partial charge is 0.481 e. The van der Waals surface area contributed by atoms with Crippen LogP contribution < -0.4 is 5.32 Å². The minimum absolute atomic E-state index is 0.0320. The zero-order chi connectivity index (χ0) is 14.6. The summed E-state index contributed by atoms with van der Waals surface area (Å²) < 4.78 is 0. The minimum Gasteiger partial charge on any atom is -0.481 e. The standard InChI is InChI=1S/C13H20N2O3S/c1-8(2)13(4,12(17)18)7-10(16)15-9(3)11-14-5-6-19-11/h5-6,8-9H,7H2,1-4H3,(H,15,16)(H,17,18). The summed E-state index contributed by atoms with van der Waals surface area (Å²) in [5.41, 5.74) is -1.05. The van der Waals surface area contributed by atoms with Crippen molar-refractivity contribution in [2.24, 2.45) is 11.3 Å². The third-order valence-corrected chi connectivity index (χ3v) is 4.45. The number of amides is 1. The first-order chi connectivity index (χ1) is 8.77. The SMILES string of the molecule is CC(NC(=O)CC(C)(C(=O)O)C(C)C)c1nccs1. The molecule has 0 radical (unpaired) electrons. The number of hydrogen-bond donors (Lipinski definition) is 2. The van der Waals surface area contributed by atoms with Crippen LogP contribution in [-0.4, -0.2) is 22.0 Å². The van der Waals surface area contributed by atoms with Crippen LogP contribution in [0.2, 0.25) is 0 Å². The Labute approximate surface area is 117 Å². The molecule has 6 heteroatoms. The van der Waals surface area contributed by atoms with Crippen molar-refractivity contribution in [1.29, 1.82) is 0 Å². The Morgan fingerprint density at radius 3 is 2.53 bits per heavy atom. The summed E-state index contributed by atoms with van der Waals surface area (Å²) in [7, 11) is 0. The number of aromatic nitrogens is 1. The molecule has 0 bridgehead atoms. The number of thiazole rings is 1.